The number of Topliss-reactive ketones (excluding diaryl/α,β-unsaturated/α-hetero) is 1. The molecule has 0 amide bonds. The highest BCUT2D eigenvalue weighted by Gasteiger charge is 2.11. The lowest BCUT2D eigenvalue weighted by Crippen LogP contribution is -2.10. The van der Waals surface area contributed by atoms with Crippen LogP contribution in [0.3, 0.4) is 0 Å². The lowest BCUT2D eigenvalue weighted by Gasteiger charge is -2.06. The molecule has 1 aromatic rings. The van der Waals surface area contributed by atoms with Crippen molar-refractivity contribution >= 4 is 15.6 Å². The maximum absolute atomic E-state index is 12.0. The number of ether oxygens (including phenoxy) is 1. The Balaban J connectivity index is 2.55. The van der Waals surface area contributed by atoms with E-state index in [1.807, 2.05) is 13.0 Å². The molecule has 20 heavy (non-hydrogen) atoms. The van der Waals surface area contributed by atoms with Crippen LogP contribution in [0.25, 0.3) is 0 Å². The van der Waals surface area contributed by atoms with Gasteiger partial charge in [0.15, 0.2) is 5.78 Å². The molecule has 0 radical (unpaired) electrons. The van der Waals surface area contributed by atoms with Gasteiger partial charge in [-0.1, -0.05) is 26.0 Å². The van der Waals surface area contributed by atoms with E-state index in [-0.39, 0.29) is 23.7 Å². The number of hydrogen-bond acceptors (Lipinski definition) is 4. The van der Waals surface area contributed by atoms with Gasteiger partial charge in [0.1, 0.15) is 15.6 Å². The van der Waals surface area contributed by atoms with Gasteiger partial charge < -0.3 is 4.74 Å². The highest BCUT2D eigenvalue weighted by atomic mass is 32.2. The summed E-state index contributed by atoms with van der Waals surface area (Å²) in [4.78, 5) is 12.0. The average Bonchev–Trinajstić information content (AvgIpc) is 2.45. The standard InChI is InChI=1S/C15H22O4S/c1-3-10-19-14-8-5-7-13(12-14)15(16)9-6-11-20(17,18)4-2/h5,7-8,12H,3-4,6,9-11H2,1-2H3. The Morgan fingerprint density at radius 2 is 2.00 bits per heavy atom. The minimum Gasteiger partial charge on any atom is -0.494 e. The van der Waals surface area contributed by atoms with Crippen LogP contribution in [0.2, 0.25) is 0 Å². The predicted octanol–water partition coefficient (Wildman–Crippen LogP) is 2.87. The molecule has 0 aliphatic carbocycles. The predicted molar refractivity (Wildman–Crippen MR) is 80.1 cm³/mol. The minimum atomic E-state index is -2.99. The van der Waals surface area contributed by atoms with E-state index < -0.39 is 9.84 Å². The molecule has 4 nitrogen and oxygen atoms in total. The van der Waals surface area contributed by atoms with Crippen molar-refractivity contribution < 1.29 is 17.9 Å². The molecule has 1 aromatic carbocycles. The van der Waals surface area contributed by atoms with Crippen LogP contribution in [-0.2, 0) is 9.84 Å². The van der Waals surface area contributed by atoms with Gasteiger partial charge in [-0.05, 0) is 25.0 Å². The van der Waals surface area contributed by atoms with E-state index >= 15 is 0 Å². The number of carbonyl (C=O) groups excluding carboxylic acids is 1. The largest absolute Gasteiger partial charge is 0.494 e. The second kappa shape index (κ2) is 8.04. The van der Waals surface area contributed by atoms with E-state index in [1.165, 1.54) is 0 Å². The number of carbonyl (C=O) groups is 1. The first-order valence-corrected chi connectivity index (χ1v) is 8.77. The molecule has 1 rings (SSSR count). The first kappa shape index (κ1) is 16.7. The third-order valence-corrected chi connectivity index (χ3v) is 4.72. The van der Waals surface area contributed by atoms with Gasteiger partial charge >= 0.3 is 0 Å². The fourth-order valence-corrected chi connectivity index (χ4v) is 2.59. The van der Waals surface area contributed by atoms with Crippen molar-refractivity contribution in [3.63, 3.8) is 0 Å². The fraction of sp³-hybridized carbons (Fsp3) is 0.533. The third kappa shape index (κ3) is 5.74. The number of benzene rings is 1. The molecule has 0 unspecified atom stereocenters. The molecule has 0 aliphatic heterocycles. The molecule has 0 fully saturated rings. The number of hydrogen-bond donors (Lipinski definition) is 0. The monoisotopic (exact) mass is 298 g/mol. The van der Waals surface area contributed by atoms with Crippen LogP contribution in [0, 0.1) is 0 Å². The van der Waals surface area contributed by atoms with Crippen LogP contribution in [0.1, 0.15) is 43.5 Å². The van der Waals surface area contributed by atoms with E-state index in [1.54, 1.807) is 25.1 Å². The fourth-order valence-electron chi connectivity index (χ4n) is 1.72. The van der Waals surface area contributed by atoms with Crippen molar-refractivity contribution in [3.8, 4) is 5.75 Å². The van der Waals surface area contributed by atoms with Crippen LogP contribution in [0.5, 0.6) is 5.75 Å². The number of ketones is 1. The first-order valence-electron chi connectivity index (χ1n) is 6.95. The zero-order valence-electron chi connectivity index (χ0n) is 12.1. The van der Waals surface area contributed by atoms with Crippen LogP contribution in [0.4, 0.5) is 0 Å². The number of rotatable bonds is 9. The lowest BCUT2D eigenvalue weighted by atomic mass is 10.1. The van der Waals surface area contributed by atoms with Gasteiger partial charge in [-0.3, -0.25) is 4.79 Å². The maximum atomic E-state index is 12.0. The molecule has 112 valence electrons. The van der Waals surface area contributed by atoms with E-state index in [4.69, 9.17) is 4.74 Å². The highest BCUT2D eigenvalue weighted by molar-refractivity contribution is 7.91. The van der Waals surface area contributed by atoms with E-state index in [0.717, 1.165) is 6.42 Å². The molecule has 0 saturated heterocycles. The molecule has 0 N–H and O–H groups in total. The third-order valence-electron chi connectivity index (χ3n) is 2.93. The molecule has 5 heteroatoms. The topological polar surface area (TPSA) is 60.4 Å². The summed E-state index contributed by atoms with van der Waals surface area (Å²) in [6.45, 7) is 4.25. The smallest absolute Gasteiger partial charge is 0.163 e. The van der Waals surface area contributed by atoms with Crippen molar-refractivity contribution in [3.05, 3.63) is 29.8 Å². The van der Waals surface area contributed by atoms with Crippen molar-refractivity contribution in [2.75, 3.05) is 18.1 Å². The van der Waals surface area contributed by atoms with E-state index in [9.17, 15) is 13.2 Å². The summed E-state index contributed by atoms with van der Waals surface area (Å²) in [5.41, 5.74) is 0.576. The van der Waals surface area contributed by atoms with Crippen LogP contribution >= 0.6 is 0 Å². The Morgan fingerprint density at radius 3 is 2.65 bits per heavy atom. The van der Waals surface area contributed by atoms with Crippen LogP contribution in [0.15, 0.2) is 24.3 Å². The summed E-state index contributed by atoms with van der Waals surface area (Å²) in [6, 6.07) is 7.04. The summed E-state index contributed by atoms with van der Waals surface area (Å²) in [5, 5.41) is 0. The van der Waals surface area contributed by atoms with Crippen molar-refractivity contribution in [1.29, 1.82) is 0 Å². The SMILES string of the molecule is CCCOc1cccc(C(=O)CCCS(=O)(=O)CC)c1. The Hall–Kier alpha value is -1.36. The molecule has 0 heterocycles. The van der Waals surface area contributed by atoms with Gasteiger partial charge in [0.2, 0.25) is 0 Å². The van der Waals surface area contributed by atoms with Crippen LogP contribution in [-0.4, -0.2) is 32.3 Å². The second-order valence-corrected chi connectivity index (χ2v) is 7.11. The molecular weight excluding hydrogens is 276 g/mol. The molecule has 0 spiro atoms. The summed E-state index contributed by atoms with van der Waals surface area (Å²) in [5.74, 6) is 0.833. The molecular formula is C15H22O4S. The highest BCUT2D eigenvalue weighted by Crippen LogP contribution is 2.15. The number of sulfone groups is 1. The van der Waals surface area contributed by atoms with Gasteiger partial charge in [-0.25, -0.2) is 8.42 Å². The van der Waals surface area contributed by atoms with Gasteiger partial charge in [0.05, 0.1) is 12.4 Å². The summed E-state index contributed by atoms with van der Waals surface area (Å²) < 4.78 is 28.2. The summed E-state index contributed by atoms with van der Waals surface area (Å²) in [7, 11) is -2.99. The van der Waals surface area contributed by atoms with Gasteiger partial charge in [0, 0.05) is 17.7 Å². The molecule has 0 aromatic heterocycles. The van der Waals surface area contributed by atoms with E-state index in [2.05, 4.69) is 0 Å². The molecule has 0 bridgehead atoms. The van der Waals surface area contributed by atoms with Crippen molar-refractivity contribution in [2.24, 2.45) is 0 Å². The van der Waals surface area contributed by atoms with Gasteiger partial charge in [-0.2, -0.15) is 0 Å². The van der Waals surface area contributed by atoms with E-state index in [0.29, 0.717) is 24.3 Å². The molecule has 0 atom stereocenters. The molecule has 0 saturated carbocycles. The summed E-state index contributed by atoms with van der Waals surface area (Å²) in [6.07, 6.45) is 1.53. The van der Waals surface area contributed by atoms with Gasteiger partial charge in [-0.15, -0.1) is 0 Å². The quantitative estimate of drug-likeness (QED) is 0.658. The van der Waals surface area contributed by atoms with Crippen LogP contribution < -0.4 is 4.74 Å². The van der Waals surface area contributed by atoms with Crippen molar-refractivity contribution in [1.82, 2.24) is 0 Å². The lowest BCUT2D eigenvalue weighted by molar-refractivity contribution is 0.0981. The Kier molecular flexibility index (Phi) is 6.71. The Bertz CT molecular complexity index is 535. The van der Waals surface area contributed by atoms with Gasteiger partial charge in [0.25, 0.3) is 0 Å². The Labute approximate surface area is 121 Å². The van der Waals surface area contributed by atoms with Crippen molar-refractivity contribution in [2.45, 2.75) is 33.1 Å². The average molecular weight is 298 g/mol. The second-order valence-electron chi connectivity index (χ2n) is 4.64. The molecule has 0 aliphatic rings. The maximum Gasteiger partial charge on any atom is 0.163 e. The first-order chi connectivity index (χ1) is 9.48. The zero-order chi connectivity index (χ0) is 15.0. The minimum absolute atomic E-state index is 0.0433. The Morgan fingerprint density at radius 1 is 1.25 bits per heavy atom. The summed E-state index contributed by atoms with van der Waals surface area (Å²) >= 11 is 0. The zero-order valence-corrected chi connectivity index (χ0v) is 12.9. The normalized spacial score (nSPS) is 11.3.